The molecule has 0 fully saturated rings. The van der Waals surface area contributed by atoms with Gasteiger partial charge in [-0.1, -0.05) is 23.7 Å². The Morgan fingerprint density at radius 1 is 1.03 bits per heavy atom. The molecule has 4 nitrogen and oxygen atoms in total. The summed E-state index contributed by atoms with van der Waals surface area (Å²) >= 11 is 6.06. The van der Waals surface area contributed by atoms with E-state index in [1.54, 1.807) is 25.5 Å². The highest BCUT2D eigenvalue weighted by molar-refractivity contribution is 6.31. The number of fused-ring (bicyclic) bond motifs is 1. The van der Waals surface area contributed by atoms with Gasteiger partial charge in [0.05, 0.1) is 12.6 Å². The van der Waals surface area contributed by atoms with Gasteiger partial charge in [0.1, 0.15) is 5.75 Å². The lowest BCUT2D eigenvalue weighted by molar-refractivity contribution is 0.104. The molecule has 1 aromatic heterocycles. The number of methoxy groups -OCH3 is 1. The molecule has 0 saturated carbocycles. The highest BCUT2D eigenvalue weighted by Gasteiger charge is 2.06. The van der Waals surface area contributed by atoms with E-state index < -0.39 is 0 Å². The minimum atomic E-state index is -0.0711. The van der Waals surface area contributed by atoms with Crippen LogP contribution < -0.4 is 10.1 Å². The number of nitrogens with zero attached hydrogens (tertiary/aromatic N) is 1. The Labute approximate surface area is 186 Å². The number of ketones is 1. The summed E-state index contributed by atoms with van der Waals surface area (Å²) < 4.78 is 5.39. The van der Waals surface area contributed by atoms with Crippen molar-refractivity contribution in [3.63, 3.8) is 0 Å². The van der Waals surface area contributed by atoms with Crippen LogP contribution in [0.25, 0.3) is 17.0 Å². The van der Waals surface area contributed by atoms with E-state index in [-0.39, 0.29) is 5.78 Å². The molecule has 31 heavy (non-hydrogen) atoms. The Morgan fingerprint density at radius 2 is 1.84 bits per heavy atom. The third-order valence-electron chi connectivity index (χ3n) is 4.96. The molecule has 0 radical (unpaired) electrons. The second-order valence-corrected chi connectivity index (χ2v) is 7.60. The van der Waals surface area contributed by atoms with Gasteiger partial charge in [-0.15, -0.1) is 0 Å². The largest absolute Gasteiger partial charge is 0.496 e. The maximum atomic E-state index is 12.6. The molecular formula is C26H21ClN2O2. The van der Waals surface area contributed by atoms with Crippen molar-refractivity contribution in [3.05, 3.63) is 101 Å². The molecule has 0 bridgehead atoms. The van der Waals surface area contributed by atoms with Crippen LogP contribution in [-0.4, -0.2) is 17.9 Å². The number of aryl methyl sites for hydroxylation is 1. The number of aromatic nitrogens is 1. The van der Waals surface area contributed by atoms with Crippen LogP contribution in [0.2, 0.25) is 5.02 Å². The Hall–Kier alpha value is -3.63. The van der Waals surface area contributed by atoms with E-state index in [4.69, 9.17) is 16.3 Å². The fourth-order valence-corrected chi connectivity index (χ4v) is 3.49. The fraction of sp³-hybridized carbons (Fsp3) is 0.0769. The van der Waals surface area contributed by atoms with Crippen LogP contribution in [0.15, 0.2) is 79.0 Å². The molecule has 0 aliphatic heterocycles. The Bertz CT molecular complexity index is 1280. The molecular weight excluding hydrogens is 408 g/mol. The highest BCUT2D eigenvalue weighted by Crippen LogP contribution is 2.27. The lowest BCUT2D eigenvalue weighted by Crippen LogP contribution is -1.96. The van der Waals surface area contributed by atoms with Crippen molar-refractivity contribution in [3.8, 4) is 5.75 Å². The zero-order chi connectivity index (χ0) is 21.8. The number of carbonyl (C=O) groups excluding carboxylic acids is 1. The van der Waals surface area contributed by atoms with Crippen LogP contribution in [0, 0.1) is 6.92 Å². The summed E-state index contributed by atoms with van der Waals surface area (Å²) in [5, 5.41) is 5.01. The zero-order valence-corrected chi connectivity index (χ0v) is 18.0. The van der Waals surface area contributed by atoms with Gasteiger partial charge in [-0.25, -0.2) is 0 Å². The molecule has 1 N–H and O–H groups in total. The van der Waals surface area contributed by atoms with Crippen molar-refractivity contribution in [1.29, 1.82) is 0 Å². The Kier molecular flexibility index (Phi) is 6.01. The van der Waals surface area contributed by atoms with E-state index in [0.717, 1.165) is 39.2 Å². The molecule has 154 valence electrons. The second-order valence-electron chi connectivity index (χ2n) is 7.17. The number of ether oxygens (including phenoxy) is 1. The molecule has 4 rings (SSSR count). The number of rotatable bonds is 6. The summed E-state index contributed by atoms with van der Waals surface area (Å²) in [6.07, 6.45) is 5.08. The SMILES string of the molecule is COc1cc(C)ccc1/C=C/C(=O)c1ccc(Nc2ccnc3cc(Cl)ccc23)cc1. The van der Waals surface area contributed by atoms with Gasteiger partial charge >= 0.3 is 0 Å². The molecule has 0 unspecified atom stereocenters. The normalized spacial score (nSPS) is 11.1. The predicted molar refractivity (Wildman–Crippen MR) is 128 cm³/mol. The summed E-state index contributed by atoms with van der Waals surface area (Å²) in [4.78, 5) is 17.0. The summed E-state index contributed by atoms with van der Waals surface area (Å²) in [6, 6.07) is 20.8. The van der Waals surface area contributed by atoms with Crippen LogP contribution in [0.3, 0.4) is 0 Å². The van der Waals surface area contributed by atoms with Gasteiger partial charge < -0.3 is 10.1 Å². The monoisotopic (exact) mass is 428 g/mol. The van der Waals surface area contributed by atoms with Crippen LogP contribution in [-0.2, 0) is 0 Å². The van der Waals surface area contributed by atoms with Crippen molar-refractivity contribution >= 4 is 45.7 Å². The standard InChI is InChI=1S/C26H21ClN2O2/c1-17-3-4-19(26(15-17)31-2)7-12-25(30)18-5-9-21(10-6-18)29-23-13-14-28-24-16-20(27)8-11-22(23)24/h3-16H,1-2H3,(H,28,29)/b12-7+. The quantitative estimate of drug-likeness (QED) is 0.269. The number of anilines is 2. The van der Waals surface area contributed by atoms with E-state index >= 15 is 0 Å². The molecule has 3 aromatic carbocycles. The van der Waals surface area contributed by atoms with Gasteiger partial charge in [0.15, 0.2) is 5.78 Å². The molecule has 5 heteroatoms. The number of pyridine rings is 1. The first kappa shape index (κ1) is 20.6. The summed E-state index contributed by atoms with van der Waals surface area (Å²) in [7, 11) is 1.63. The van der Waals surface area contributed by atoms with E-state index in [1.807, 2.05) is 73.7 Å². The van der Waals surface area contributed by atoms with Gasteiger partial charge in [-0.2, -0.15) is 0 Å². The highest BCUT2D eigenvalue weighted by atomic mass is 35.5. The number of hydrogen-bond acceptors (Lipinski definition) is 4. The molecule has 0 spiro atoms. The number of benzene rings is 3. The van der Waals surface area contributed by atoms with Gasteiger partial charge in [0, 0.05) is 39.1 Å². The molecule has 1 heterocycles. The Morgan fingerprint density at radius 3 is 2.61 bits per heavy atom. The number of hydrogen-bond donors (Lipinski definition) is 1. The van der Waals surface area contributed by atoms with Crippen LogP contribution in [0.5, 0.6) is 5.75 Å². The first-order valence-electron chi connectivity index (χ1n) is 9.82. The van der Waals surface area contributed by atoms with E-state index in [1.165, 1.54) is 0 Å². The lowest BCUT2D eigenvalue weighted by atomic mass is 10.1. The first-order valence-corrected chi connectivity index (χ1v) is 10.2. The minimum absolute atomic E-state index is 0.0711. The molecule has 0 atom stereocenters. The fourth-order valence-electron chi connectivity index (χ4n) is 3.32. The first-order chi connectivity index (χ1) is 15.0. The van der Waals surface area contributed by atoms with Gasteiger partial charge in [-0.3, -0.25) is 9.78 Å². The van der Waals surface area contributed by atoms with Crippen molar-refractivity contribution in [1.82, 2.24) is 4.98 Å². The maximum absolute atomic E-state index is 12.6. The Balaban J connectivity index is 1.50. The maximum Gasteiger partial charge on any atom is 0.185 e. The van der Waals surface area contributed by atoms with E-state index in [9.17, 15) is 4.79 Å². The predicted octanol–water partition coefficient (Wildman–Crippen LogP) is 6.84. The molecule has 0 amide bonds. The molecule has 0 aliphatic carbocycles. The smallest absolute Gasteiger partial charge is 0.185 e. The van der Waals surface area contributed by atoms with Crippen LogP contribution in [0.4, 0.5) is 11.4 Å². The number of nitrogens with one attached hydrogen (secondary N) is 1. The van der Waals surface area contributed by atoms with E-state index in [0.29, 0.717) is 10.6 Å². The van der Waals surface area contributed by atoms with E-state index in [2.05, 4.69) is 10.3 Å². The number of halogens is 1. The number of allylic oxidation sites excluding steroid dienone is 1. The van der Waals surface area contributed by atoms with Gasteiger partial charge in [-0.05, 0) is 79.2 Å². The molecule has 4 aromatic rings. The number of carbonyl (C=O) groups is 1. The minimum Gasteiger partial charge on any atom is -0.496 e. The van der Waals surface area contributed by atoms with Crippen LogP contribution >= 0.6 is 11.6 Å². The van der Waals surface area contributed by atoms with Crippen molar-refractivity contribution in [2.75, 3.05) is 12.4 Å². The average molecular weight is 429 g/mol. The third-order valence-corrected chi connectivity index (χ3v) is 5.19. The molecule has 0 saturated heterocycles. The van der Waals surface area contributed by atoms with Crippen molar-refractivity contribution < 1.29 is 9.53 Å². The summed E-state index contributed by atoms with van der Waals surface area (Å²) in [5.41, 5.74) is 5.20. The van der Waals surface area contributed by atoms with Crippen molar-refractivity contribution in [2.24, 2.45) is 0 Å². The molecule has 0 aliphatic rings. The summed E-state index contributed by atoms with van der Waals surface area (Å²) in [6.45, 7) is 2.00. The lowest BCUT2D eigenvalue weighted by Gasteiger charge is -2.10. The average Bonchev–Trinajstić information content (AvgIpc) is 2.78. The van der Waals surface area contributed by atoms with Crippen molar-refractivity contribution in [2.45, 2.75) is 6.92 Å². The second kappa shape index (κ2) is 9.02. The summed E-state index contributed by atoms with van der Waals surface area (Å²) in [5.74, 6) is 0.674. The zero-order valence-electron chi connectivity index (χ0n) is 17.2. The van der Waals surface area contributed by atoms with Crippen LogP contribution in [0.1, 0.15) is 21.5 Å². The van der Waals surface area contributed by atoms with Gasteiger partial charge in [0.2, 0.25) is 0 Å². The topological polar surface area (TPSA) is 51.2 Å². The third kappa shape index (κ3) is 4.76. The van der Waals surface area contributed by atoms with Gasteiger partial charge in [0.25, 0.3) is 0 Å².